The Labute approximate surface area is 85.2 Å². The Morgan fingerprint density at radius 3 is 2.50 bits per heavy atom. The molecule has 0 amide bonds. The van der Waals surface area contributed by atoms with Crippen LogP contribution in [0.4, 0.5) is 0 Å². The Kier molecular flexibility index (Phi) is 3.29. The highest BCUT2D eigenvalue weighted by atomic mass is 16.3. The molecule has 0 aromatic heterocycles. The molecule has 2 heteroatoms. The summed E-state index contributed by atoms with van der Waals surface area (Å²) in [6.07, 6.45) is 0. The van der Waals surface area contributed by atoms with Gasteiger partial charge in [-0.3, -0.25) is 0 Å². The van der Waals surface area contributed by atoms with Crippen LogP contribution in [0.25, 0.3) is 0 Å². The van der Waals surface area contributed by atoms with Crippen LogP contribution in [0, 0.1) is 0 Å². The molecule has 0 aliphatic rings. The summed E-state index contributed by atoms with van der Waals surface area (Å²) in [7, 11) is 0. The summed E-state index contributed by atoms with van der Waals surface area (Å²) in [5.74, 6) is 0.122. The highest BCUT2D eigenvalue weighted by Gasteiger charge is 2.16. The monoisotopic (exact) mass is 194 g/mol. The molecule has 0 fully saturated rings. The lowest BCUT2D eigenvalue weighted by Gasteiger charge is -2.19. The van der Waals surface area contributed by atoms with Crippen LogP contribution in [0.1, 0.15) is 37.8 Å². The van der Waals surface area contributed by atoms with E-state index in [2.05, 4.69) is 0 Å². The normalized spacial score (nSPS) is 14.1. The molecular formula is C12H18O2. The van der Waals surface area contributed by atoms with Gasteiger partial charge < -0.3 is 10.2 Å². The molecule has 2 nitrogen and oxygen atoms in total. The van der Waals surface area contributed by atoms with Crippen LogP contribution < -0.4 is 0 Å². The number of benzene rings is 1. The third-order valence-corrected chi connectivity index (χ3v) is 2.44. The fourth-order valence-electron chi connectivity index (χ4n) is 1.33. The molecule has 2 N–H and O–H groups in total. The van der Waals surface area contributed by atoms with E-state index < -0.39 is 5.60 Å². The highest BCUT2D eigenvalue weighted by molar-refractivity contribution is 5.29. The van der Waals surface area contributed by atoms with Gasteiger partial charge >= 0.3 is 0 Å². The van der Waals surface area contributed by atoms with Gasteiger partial charge in [0.2, 0.25) is 0 Å². The topological polar surface area (TPSA) is 40.5 Å². The minimum atomic E-state index is -0.814. The number of hydrogen-bond acceptors (Lipinski definition) is 2. The molecule has 14 heavy (non-hydrogen) atoms. The largest absolute Gasteiger partial charge is 0.396 e. The zero-order valence-electron chi connectivity index (χ0n) is 8.99. The maximum absolute atomic E-state index is 9.81. The molecule has 1 aromatic carbocycles. The summed E-state index contributed by atoms with van der Waals surface area (Å²) in [5, 5.41) is 18.8. The van der Waals surface area contributed by atoms with Crippen molar-refractivity contribution in [1.82, 2.24) is 0 Å². The van der Waals surface area contributed by atoms with E-state index >= 15 is 0 Å². The maximum atomic E-state index is 9.81. The summed E-state index contributed by atoms with van der Waals surface area (Å²) >= 11 is 0. The van der Waals surface area contributed by atoms with E-state index in [4.69, 9.17) is 5.11 Å². The van der Waals surface area contributed by atoms with Gasteiger partial charge in [0, 0.05) is 12.5 Å². The molecule has 1 atom stereocenters. The van der Waals surface area contributed by atoms with Crippen LogP contribution in [0.15, 0.2) is 24.3 Å². The van der Waals surface area contributed by atoms with E-state index in [9.17, 15) is 5.11 Å². The molecule has 0 saturated carbocycles. The van der Waals surface area contributed by atoms with Crippen molar-refractivity contribution in [2.45, 2.75) is 32.3 Å². The van der Waals surface area contributed by atoms with Gasteiger partial charge in [-0.25, -0.2) is 0 Å². The van der Waals surface area contributed by atoms with Gasteiger partial charge in [-0.1, -0.05) is 31.2 Å². The minimum Gasteiger partial charge on any atom is -0.396 e. The average molecular weight is 194 g/mol. The lowest BCUT2D eigenvalue weighted by molar-refractivity contribution is 0.0784. The maximum Gasteiger partial charge on any atom is 0.0840 e. The number of aliphatic hydroxyl groups excluding tert-OH is 1. The lowest BCUT2D eigenvalue weighted by Crippen LogP contribution is -2.16. The van der Waals surface area contributed by atoms with Crippen molar-refractivity contribution in [3.63, 3.8) is 0 Å². The van der Waals surface area contributed by atoms with Crippen LogP contribution in [0.2, 0.25) is 0 Å². The second-order valence-corrected chi connectivity index (χ2v) is 4.27. The lowest BCUT2D eigenvalue weighted by atomic mass is 9.93. The second kappa shape index (κ2) is 4.11. The second-order valence-electron chi connectivity index (χ2n) is 4.27. The molecule has 78 valence electrons. The van der Waals surface area contributed by atoms with Crippen molar-refractivity contribution in [1.29, 1.82) is 0 Å². The first-order chi connectivity index (χ1) is 6.45. The van der Waals surface area contributed by atoms with Gasteiger partial charge in [0.25, 0.3) is 0 Å². The highest BCUT2D eigenvalue weighted by Crippen LogP contribution is 2.23. The van der Waals surface area contributed by atoms with Gasteiger partial charge in [0.1, 0.15) is 0 Å². The summed E-state index contributed by atoms with van der Waals surface area (Å²) in [5.41, 5.74) is 1.13. The van der Waals surface area contributed by atoms with Crippen molar-refractivity contribution >= 4 is 0 Å². The molecule has 0 radical (unpaired) electrons. The van der Waals surface area contributed by atoms with Crippen LogP contribution in [-0.4, -0.2) is 16.8 Å². The predicted molar refractivity (Wildman–Crippen MR) is 57.2 cm³/mol. The van der Waals surface area contributed by atoms with E-state index in [0.29, 0.717) is 0 Å². The third-order valence-electron chi connectivity index (χ3n) is 2.44. The van der Waals surface area contributed by atoms with Crippen molar-refractivity contribution in [3.8, 4) is 0 Å². The number of aliphatic hydroxyl groups is 2. The average Bonchev–Trinajstić information content (AvgIpc) is 2.15. The summed E-state index contributed by atoms with van der Waals surface area (Å²) in [4.78, 5) is 0. The minimum absolute atomic E-state index is 0.122. The fourth-order valence-corrected chi connectivity index (χ4v) is 1.33. The summed E-state index contributed by atoms with van der Waals surface area (Å²) in [6, 6.07) is 7.72. The first-order valence-electron chi connectivity index (χ1n) is 4.89. The van der Waals surface area contributed by atoms with Crippen LogP contribution >= 0.6 is 0 Å². The molecular weight excluding hydrogens is 176 g/mol. The van der Waals surface area contributed by atoms with Crippen LogP contribution in [0.3, 0.4) is 0 Å². The van der Waals surface area contributed by atoms with E-state index in [-0.39, 0.29) is 12.5 Å². The quantitative estimate of drug-likeness (QED) is 0.772. The van der Waals surface area contributed by atoms with Gasteiger partial charge in [-0.15, -0.1) is 0 Å². The van der Waals surface area contributed by atoms with E-state index in [1.165, 1.54) is 0 Å². The van der Waals surface area contributed by atoms with E-state index in [0.717, 1.165) is 11.1 Å². The zero-order valence-corrected chi connectivity index (χ0v) is 8.99. The SMILES string of the molecule is CC(CO)c1cccc(C(C)(C)O)c1. The van der Waals surface area contributed by atoms with Gasteiger partial charge in [0.15, 0.2) is 0 Å². The standard InChI is InChI=1S/C12H18O2/c1-9(8-13)10-5-4-6-11(7-10)12(2,3)14/h4-7,9,13-14H,8H2,1-3H3. The van der Waals surface area contributed by atoms with Crippen molar-refractivity contribution in [3.05, 3.63) is 35.4 Å². The number of rotatable bonds is 3. The Morgan fingerprint density at radius 1 is 1.36 bits per heavy atom. The molecule has 0 heterocycles. The molecule has 0 bridgehead atoms. The fraction of sp³-hybridized carbons (Fsp3) is 0.500. The Bertz CT molecular complexity index is 299. The number of hydrogen-bond donors (Lipinski definition) is 2. The Hall–Kier alpha value is -0.860. The first kappa shape index (κ1) is 11.2. The molecule has 0 aliphatic heterocycles. The predicted octanol–water partition coefficient (Wildman–Crippen LogP) is 2.01. The van der Waals surface area contributed by atoms with Crippen molar-refractivity contribution in [2.24, 2.45) is 0 Å². The van der Waals surface area contributed by atoms with Gasteiger partial charge in [-0.2, -0.15) is 0 Å². The first-order valence-corrected chi connectivity index (χ1v) is 4.89. The Morgan fingerprint density at radius 2 is 2.00 bits per heavy atom. The van der Waals surface area contributed by atoms with Gasteiger partial charge in [0.05, 0.1) is 5.60 Å². The molecule has 0 saturated heterocycles. The molecule has 1 rings (SSSR count). The van der Waals surface area contributed by atoms with Crippen molar-refractivity contribution < 1.29 is 10.2 Å². The summed E-state index contributed by atoms with van der Waals surface area (Å²) < 4.78 is 0. The summed E-state index contributed by atoms with van der Waals surface area (Å²) in [6.45, 7) is 5.62. The van der Waals surface area contributed by atoms with Crippen LogP contribution in [0.5, 0.6) is 0 Å². The molecule has 0 aliphatic carbocycles. The van der Waals surface area contributed by atoms with E-state index in [1.807, 2.05) is 31.2 Å². The third kappa shape index (κ3) is 2.56. The molecule has 0 spiro atoms. The zero-order chi connectivity index (χ0) is 10.8. The smallest absolute Gasteiger partial charge is 0.0840 e. The van der Waals surface area contributed by atoms with Gasteiger partial charge in [-0.05, 0) is 25.0 Å². The van der Waals surface area contributed by atoms with Crippen molar-refractivity contribution in [2.75, 3.05) is 6.61 Å². The molecule has 1 unspecified atom stereocenters. The molecule has 1 aromatic rings. The van der Waals surface area contributed by atoms with E-state index in [1.54, 1.807) is 13.8 Å². The Balaban J connectivity index is 3.01. The van der Waals surface area contributed by atoms with Crippen LogP contribution in [-0.2, 0) is 5.60 Å².